The highest BCUT2D eigenvalue weighted by Gasteiger charge is 2.39. The second-order valence-corrected chi connectivity index (χ2v) is 7.68. The number of fused-ring (bicyclic) bond motifs is 1. The molecule has 3 rings (SSSR count). The molecule has 1 aromatic rings. The van der Waals surface area contributed by atoms with Crippen LogP contribution < -0.4 is 5.32 Å². The van der Waals surface area contributed by atoms with E-state index in [4.69, 9.17) is 9.15 Å². The van der Waals surface area contributed by atoms with Crippen molar-refractivity contribution in [2.45, 2.75) is 58.0 Å². The van der Waals surface area contributed by atoms with Crippen molar-refractivity contribution in [2.75, 3.05) is 13.2 Å². The number of nitrogens with zero attached hydrogens (tertiary/aromatic N) is 1. The first-order valence-electron chi connectivity index (χ1n) is 9.76. The minimum absolute atomic E-state index is 0.138. The zero-order valence-corrected chi connectivity index (χ0v) is 16.0. The van der Waals surface area contributed by atoms with Crippen LogP contribution in [0.3, 0.4) is 0 Å². The first-order chi connectivity index (χ1) is 13.0. The molecule has 2 fully saturated rings. The summed E-state index contributed by atoms with van der Waals surface area (Å²) in [5.41, 5.74) is 0.330. The van der Waals surface area contributed by atoms with E-state index in [1.165, 1.54) is 38.4 Å². The number of likely N-dealkylation sites (tertiary alicyclic amines) is 1. The van der Waals surface area contributed by atoms with E-state index < -0.39 is 17.9 Å². The average Bonchev–Trinajstić information content (AvgIpc) is 3.21. The molecular weight excluding hydrogens is 348 g/mol. The zero-order chi connectivity index (χ0) is 19.4. The Balaban J connectivity index is 1.49. The third-order valence-corrected chi connectivity index (χ3v) is 5.88. The smallest absolute Gasteiger partial charge is 0.328 e. The molecule has 0 bridgehead atoms. The van der Waals surface area contributed by atoms with Gasteiger partial charge in [-0.3, -0.25) is 9.59 Å². The third kappa shape index (κ3) is 4.51. The lowest BCUT2D eigenvalue weighted by molar-refractivity contribution is -0.156. The maximum atomic E-state index is 12.6. The number of esters is 1. The molecule has 7 heteroatoms. The molecule has 27 heavy (non-hydrogen) atoms. The number of furan rings is 1. The molecule has 1 N–H and O–H groups in total. The van der Waals surface area contributed by atoms with Crippen molar-refractivity contribution < 1.29 is 23.5 Å². The fourth-order valence-electron chi connectivity index (χ4n) is 4.30. The van der Waals surface area contributed by atoms with Gasteiger partial charge in [0.25, 0.3) is 11.8 Å². The highest BCUT2D eigenvalue weighted by molar-refractivity contribution is 5.96. The molecule has 0 unspecified atom stereocenters. The minimum atomic E-state index is -0.844. The van der Waals surface area contributed by atoms with Crippen molar-refractivity contribution in [1.82, 2.24) is 10.2 Å². The number of carbonyl (C=O) groups excluding carboxylic acids is 3. The minimum Gasteiger partial charge on any atom is -0.472 e. The van der Waals surface area contributed by atoms with Crippen LogP contribution in [0, 0.1) is 11.8 Å². The van der Waals surface area contributed by atoms with Crippen molar-refractivity contribution in [2.24, 2.45) is 11.8 Å². The molecule has 1 aliphatic carbocycles. The van der Waals surface area contributed by atoms with Crippen LogP contribution in [0.2, 0.25) is 0 Å². The van der Waals surface area contributed by atoms with Crippen molar-refractivity contribution in [3.8, 4) is 0 Å². The van der Waals surface area contributed by atoms with Gasteiger partial charge in [-0.1, -0.05) is 19.8 Å². The zero-order valence-electron chi connectivity index (χ0n) is 16.0. The van der Waals surface area contributed by atoms with Gasteiger partial charge in [-0.2, -0.15) is 0 Å². The molecule has 4 atom stereocenters. The summed E-state index contributed by atoms with van der Waals surface area (Å²) in [5, 5.41) is 2.54. The predicted octanol–water partition coefficient (Wildman–Crippen LogP) is 2.37. The van der Waals surface area contributed by atoms with Crippen LogP contribution in [-0.2, 0) is 14.3 Å². The monoisotopic (exact) mass is 376 g/mol. The van der Waals surface area contributed by atoms with Crippen LogP contribution in [0.4, 0.5) is 0 Å². The van der Waals surface area contributed by atoms with Crippen molar-refractivity contribution >= 4 is 17.8 Å². The summed E-state index contributed by atoms with van der Waals surface area (Å²) >= 11 is 0. The lowest BCUT2D eigenvalue weighted by Crippen LogP contribution is -2.53. The van der Waals surface area contributed by atoms with Crippen LogP contribution >= 0.6 is 0 Å². The van der Waals surface area contributed by atoms with Crippen molar-refractivity contribution in [3.63, 3.8) is 0 Å². The number of rotatable bonds is 5. The van der Waals surface area contributed by atoms with Crippen LogP contribution in [0.1, 0.15) is 56.3 Å². The summed E-state index contributed by atoms with van der Waals surface area (Å²) in [5.74, 6) is 0.0150. The Morgan fingerprint density at radius 2 is 2.07 bits per heavy atom. The summed E-state index contributed by atoms with van der Waals surface area (Å²) in [4.78, 5) is 38.6. The van der Waals surface area contributed by atoms with Crippen molar-refractivity contribution in [1.29, 1.82) is 0 Å². The second kappa shape index (κ2) is 8.59. The summed E-state index contributed by atoms with van der Waals surface area (Å²) in [7, 11) is 0. The highest BCUT2D eigenvalue weighted by atomic mass is 16.5. The lowest BCUT2D eigenvalue weighted by Gasteiger charge is -2.47. The summed E-state index contributed by atoms with van der Waals surface area (Å²) < 4.78 is 10.0. The standard InChI is InChI=1S/C20H28N2O5/c1-13-7-9-22(17-6-4-3-5-16(13)17)18(23)12-27-20(25)14(2)21-19(24)15-8-10-26-11-15/h8,10-11,13-14,16-17H,3-7,9,12H2,1-2H3,(H,21,24)/t13-,14-,16+,17-/m0/s1. The predicted molar refractivity (Wildman–Crippen MR) is 97.8 cm³/mol. The summed E-state index contributed by atoms with van der Waals surface area (Å²) in [6.45, 7) is 4.26. The van der Waals surface area contributed by atoms with Crippen LogP contribution in [0.15, 0.2) is 23.0 Å². The Labute approximate surface area is 159 Å². The third-order valence-electron chi connectivity index (χ3n) is 5.88. The number of amides is 2. The molecule has 2 aliphatic rings. The number of nitrogens with one attached hydrogen (secondary N) is 1. The van der Waals surface area contributed by atoms with Crippen LogP contribution in [-0.4, -0.2) is 47.9 Å². The topological polar surface area (TPSA) is 88.9 Å². The van der Waals surface area contributed by atoms with Crippen LogP contribution in [0.5, 0.6) is 0 Å². The van der Waals surface area contributed by atoms with Gasteiger partial charge in [-0.15, -0.1) is 0 Å². The normalized spacial score (nSPS) is 26.0. The fraction of sp³-hybridized carbons (Fsp3) is 0.650. The quantitative estimate of drug-likeness (QED) is 0.797. The van der Waals surface area contributed by atoms with E-state index in [0.29, 0.717) is 17.4 Å². The van der Waals surface area contributed by atoms with E-state index in [2.05, 4.69) is 12.2 Å². The van der Waals surface area contributed by atoms with Gasteiger partial charge in [-0.25, -0.2) is 4.79 Å². The van der Waals surface area contributed by atoms with Crippen molar-refractivity contribution in [3.05, 3.63) is 24.2 Å². The first kappa shape index (κ1) is 19.5. The van der Waals surface area contributed by atoms with Gasteiger partial charge in [-0.05, 0) is 44.1 Å². The molecule has 7 nitrogen and oxygen atoms in total. The number of hydrogen-bond donors (Lipinski definition) is 1. The summed E-state index contributed by atoms with van der Waals surface area (Å²) in [6, 6.07) is 0.936. The van der Waals surface area contributed by atoms with Gasteiger partial charge in [0.15, 0.2) is 6.61 Å². The highest BCUT2D eigenvalue weighted by Crippen LogP contribution is 2.38. The van der Waals surface area contributed by atoms with Gasteiger partial charge in [0.2, 0.25) is 0 Å². The number of ether oxygens (including phenoxy) is 1. The van der Waals surface area contributed by atoms with E-state index in [-0.39, 0.29) is 18.6 Å². The Hall–Kier alpha value is -2.31. The van der Waals surface area contributed by atoms with Gasteiger partial charge in [0.05, 0.1) is 11.8 Å². The lowest BCUT2D eigenvalue weighted by atomic mass is 9.72. The largest absolute Gasteiger partial charge is 0.472 e. The molecule has 148 valence electrons. The van der Waals surface area contributed by atoms with E-state index in [0.717, 1.165) is 25.8 Å². The Morgan fingerprint density at radius 3 is 2.81 bits per heavy atom. The molecular formula is C20H28N2O5. The molecule has 2 heterocycles. The maximum Gasteiger partial charge on any atom is 0.328 e. The number of piperidine rings is 1. The molecule has 0 spiro atoms. The summed E-state index contributed by atoms with van der Waals surface area (Å²) in [6.07, 6.45) is 8.27. The van der Waals surface area contributed by atoms with Gasteiger partial charge >= 0.3 is 5.97 Å². The maximum absolute atomic E-state index is 12.6. The SMILES string of the molecule is C[C@H](NC(=O)c1ccoc1)C(=O)OCC(=O)N1CC[C@H](C)[C@H]2CCCC[C@@H]21. The molecule has 1 saturated carbocycles. The Morgan fingerprint density at radius 1 is 1.30 bits per heavy atom. The number of hydrogen-bond acceptors (Lipinski definition) is 5. The molecule has 0 radical (unpaired) electrons. The molecule has 2 amide bonds. The second-order valence-electron chi connectivity index (χ2n) is 7.68. The van der Waals surface area contributed by atoms with Gasteiger partial charge in [0.1, 0.15) is 12.3 Å². The van der Waals surface area contributed by atoms with E-state index >= 15 is 0 Å². The van der Waals surface area contributed by atoms with Gasteiger partial charge < -0.3 is 19.4 Å². The van der Waals surface area contributed by atoms with E-state index in [1.807, 2.05) is 4.90 Å². The van der Waals surface area contributed by atoms with E-state index in [1.54, 1.807) is 0 Å². The number of carbonyl (C=O) groups is 3. The van der Waals surface area contributed by atoms with Crippen LogP contribution in [0.25, 0.3) is 0 Å². The van der Waals surface area contributed by atoms with Gasteiger partial charge in [0, 0.05) is 12.6 Å². The van der Waals surface area contributed by atoms with E-state index in [9.17, 15) is 14.4 Å². The molecule has 1 aliphatic heterocycles. The Bertz CT molecular complexity index is 672. The molecule has 0 aromatic carbocycles. The first-order valence-corrected chi connectivity index (χ1v) is 9.76. The molecule has 1 aromatic heterocycles. The fourth-order valence-corrected chi connectivity index (χ4v) is 4.30. The molecule has 1 saturated heterocycles. The Kier molecular flexibility index (Phi) is 6.19. The average molecular weight is 376 g/mol.